The van der Waals surface area contributed by atoms with Gasteiger partial charge < -0.3 is 20.4 Å². The van der Waals surface area contributed by atoms with Gasteiger partial charge in [0.25, 0.3) is 0 Å². The number of halogens is 3. The van der Waals surface area contributed by atoms with Gasteiger partial charge in [0.2, 0.25) is 11.9 Å². The molecule has 0 aliphatic heterocycles. The summed E-state index contributed by atoms with van der Waals surface area (Å²) in [6, 6.07) is 12.3. The number of H-pyrrole nitrogens is 1. The molecule has 0 radical (unpaired) electrons. The van der Waals surface area contributed by atoms with Crippen molar-refractivity contribution < 1.29 is 22.7 Å². The lowest BCUT2D eigenvalue weighted by atomic mass is 10.0. The zero-order valence-electron chi connectivity index (χ0n) is 14.3. The van der Waals surface area contributed by atoms with Crippen molar-refractivity contribution >= 4 is 22.9 Å². The third-order valence-electron chi connectivity index (χ3n) is 3.86. The maximum absolute atomic E-state index is 12.5. The molecule has 0 saturated heterocycles. The lowest BCUT2D eigenvalue weighted by Gasteiger charge is -2.19. The molecule has 0 spiro atoms. The standard InChI is InChI=1S/C18H17F3N4O2/c1-22-16(26)10-15(11-5-4-6-12(9-11)27-18(19,20)21)25-17-23-13-7-2-3-8-14(13)24-17/h2-9,15H,10H2,1H3,(H,22,26)(H2,23,24,25). The molecule has 0 saturated carbocycles. The van der Waals surface area contributed by atoms with Crippen LogP contribution in [0.25, 0.3) is 11.0 Å². The first kappa shape index (κ1) is 18.6. The Morgan fingerprint density at radius 1 is 1.22 bits per heavy atom. The minimum atomic E-state index is -4.79. The Balaban J connectivity index is 1.88. The highest BCUT2D eigenvalue weighted by atomic mass is 19.4. The van der Waals surface area contributed by atoms with Crippen LogP contribution in [0.1, 0.15) is 18.0 Å². The van der Waals surface area contributed by atoms with Crippen LogP contribution in [0, 0.1) is 0 Å². The lowest BCUT2D eigenvalue weighted by molar-refractivity contribution is -0.274. The van der Waals surface area contributed by atoms with Crippen molar-refractivity contribution in [2.75, 3.05) is 12.4 Å². The van der Waals surface area contributed by atoms with Crippen LogP contribution in [0.4, 0.5) is 19.1 Å². The number of nitrogens with one attached hydrogen (secondary N) is 3. The Hall–Kier alpha value is -3.23. The number of alkyl halides is 3. The maximum Gasteiger partial charge on any atom is 0.573 e. The van der Waals surface area contributed by atoms with Gasteiger partial charge in [0.15, 0.2) is 0 Å². The minimum Gasteiger partial charge on any atom is -0.406 e. The average molecular weight is 378 g/mol. The topological polar surface area (TPSA) is 79.0 Å². The number of amides is 1. The second kappa shape index (κ2) is 7.56. The van der Waals surface area contributed by atoms with E-state index in [9.17, 15) is 18.0 Å². The van der Waals surface area contributed by atoms with Gasteiger partial charge >= 0.3 is 6.36 Å². The molecule has 1 unspecified atom stereocenters. The van der Waals surface area contributed by atoms with E-state index in [-0.39, 0.29) is 18.1 Å². The highest BCUT2D eigenvalue weighted by molar-refractivity contribution is 5.78. The number of ether oxygens (including phenoxy) is 1. The zero-order chi connectivity index (χ0) is 19.4. The zero-order valence-corrected chi connectivity index (χ0v) is 14.3. The van der Waals surface area contributed by atoms with Crippen molar-refractivity contribution in [2.24, 2.45) is 0 Å². The number of imidazole rings is 1. The van der Waals surface area contributed by atoms with E-state index < -0.39 is 12.4 Å². The van der Waals surface area contributed by atoms with Gasteiger partial charge in [0.1, 0.15) is 5.75 Å². The van der Waals surface area contributed by atoms with Crippen molar-refractivity contribution in [1.29, 1.82) is 0 Å². The van der Waals surface area contributed by atoms with Gasteiger partial charge in [0.05, 0.1) is 23.5 Å². The molecule has 3 N–H and O–H groups in total. The van der Waals surface area contributed by atoms with E-state index in [2.05, 4.69) is 25.3 Å². The van der Waals surface area contributed by atoms with Crippen LogP contribution in [0.15, 0.2) is 48.5 Å². The first-order valence-corrected chi connectivity index (χ1v) is 8.11. The SMILES string of the molecule is CNC(=O)CC(Nc1nc2ccccc2[nH]1)c1cccc(OC(F)(F)F)c1. The molecule has 3 aromatic rings. The molecule has 1 heterocycles. The summed E-state index contributed by atoms with van der Waals surface area (Å²) in [6.07, 6.45) is -4.79. The largest absolute Gasteiger partial charge is 0.573 e. The van der Waals surface area contributed by atoms with E-state index in [1.54, 1.807) is 6.07 Å². The highest BCUT2D eigenvalue weighted by Crippen LogP contribution is 2.28. The first-order chi connectivity index (χ1) is 12.8. The predicted octanol–water partition coefficient (Wildman–Crippen LogP) is 3.75. The fraction of sp³-hybridized carbons (Fsp3) is 0.222. The summed E-state index contributed by atoms with van der Waals surface area (Å²) in [4.78, 5) is 19.3. The second-order valence-corrected chi connectivity index (χ2v) is 5.80. The van der Waals surface area contributed by atoms with Gasteiger partial charge in [-0.2, -0.15) is 0 Å². The normalized spacial score (nSPS) is 12.6. The number of hydrogen-bond acceptors (Lipinski definition) is 4. The number of aromatic nitrogens is 2. The number of nitrogens with zero attached hydrogens (tertiary/aromatic N) is 1. The number of carbonyl (C=O) groups is 1. The summed E-state index contributed by atoms with van der Waals surface area (Å²) >= 11 is 0. The first-order valence-electron chi connectivity index (χ1n) is 8.11. The molecule has 2 aromatic carbocycles. The molecule has 1 amide bonds. The minimum absolute atomic E-state index is 0.00299. The number of benzene rings is 2. The summed E-state index contributed by atoms with van der Waals surface area (Å²) in [5.74, 6) is -0.216. The van der Waals surface area contributed by atoms with Crippen LogP contribution >= 0.6 is 0 Å². The van der Waals surface area contributed by atoms with Crippen LogP contribution in [0.2, 0.25) is 0 Å². The van der Waals surface area contributed by atoms with E-state index in [1.165, 1.54) is 25.2 Å². The molecule has 3 rings (SSSR count). The van der Waals surface area contributed by atoms with Crippen molar-refractivity contribution in [3.8, 4) is 5.75 Å². The Labute approximate surface area is 152 Å². The number of para-hydroxylation sites is 2. The molecule has 1 aromatic heterocycles. The summed E-state index contributed by atoms with van der Waals surface area (Å²) < 4.78 is 41.4. The van der Waals surface area contributed by atoms with Crippen molar-refractivity contribution in [3.63, 3.8) is 0 Å². The van der Waals surface area contributed by atoms with Crippen LogP contribution < -0.4 is 15.4 Å². The molecule has 0 fully saturated rings. The maximum atomic E-state index is 12.5. The Morgan fingerprint density at radius 3 is 2.70 bits per heavy atom. The number of carbonyl (C=O) groups excluding carboxylic acids is 1. The third kappa shape index (κ3) is 4.90. The summed E-state index contributed by atoms with van der Waals surface area (Å²) in [5.41, 5.74) is 1.99. The van der Waals surface area contributed by atoms with Gasteiger partial charge in [-0.15, -0.1) is 13.2 Å². The third-order valence-corrected chi connectivity index (χ3v) is 3.86. The molecule has 27 heavy (non-hydrogen) atoms. The molecule has 0 bridgehead atoms. The van der Waals surface area contributed by atoms with Gasteiger partial charge in [-0.3, -0.25) is 4.79 Å². The summed E-state index contributed by atoms with van der Waals surface area (Å²) in [7, 11) is 1.49. The average Bonchev–Trinajstić information content (AvgIpc) is 3.02. The number of aromatic amines is 1. The van der Waals surface area contributed by atoms with Gasteiger partial charge in [-0.25, -0.2) is 4.98 Å². The number of rotatable bonds is 6. The Bertz CT molecular complexity index is 907. The Kier molecular flexibility index (Phi) is 5.20. The monoisotopic (exact) mass is 378 g/mol. The molecule has 9 heteroatoms. The number of anilines is 1. The molecule has 1 atom stereocenters. The van der Waals surface area contributed by atoms with Crippen LogP contribution in [0.5, 0.6) is 5.75 Å². The molecule has 142 valence electrons. The molecule has 0 aliphatic rings. The van der Waals surface area contributed by atoms with E-state index in [0.717, 1.165) is 11.0 Å². The summed E-state index contributed by atoms with van der Waals surface area (Å²) in [6.45, 7) is 0. The fourth-order valence-corrected chi connectivity index (χ4v) is 2.65. The van der Waals surface area contributed by atoms with Crippen LogP contribution in [0.3, 0.4) is 0 Å². The van der Waals surface area contributed by atoms with Gasteiger partial charge in [0, 0.05) is 7.05 Å². The molecule has 0 aliphatic carbocycles. The fourth-order valence-electron chi connectivity index (χ4n) is 2.65. The lowest BCUT2D eigenvalue weighted by Crippen LogP contribution is -2.24. The van der Waals surface area contributed by atoms with E-state index in [0.29, 0.717) is 11.5 Å². The van der Waals surface area contributed by atoms with Crippen molar-refractivity contribution in [3.05, 3.63) is 54.1 Å². The summed E-state index contributed by atoms with van der Waals surface area (Å²) in [5, 5.41) is 5.59. The molecule has 6 nitrogen and oxygen atoms in total. The highest BCUT2D eigenvalue weighted by Gasteiger charge is 2.31. The van der Waals surface area contributed by atoms with E-state index in [4.69, 9.17) is 0 Å². The van der Waals surface area contributed by atoms with Crippen molar-refractivity contribution in [1.82, 2.24) is 15.3 Å². The predicted molar refractivity (Wildman–Crippen MR) is 94.3 cm³/mol. The Morgan fingerprint density at radius 2 is 2.00 bits per heavy atom. The van der Waals surface area contributed by atoms with E-state index >= 15 is 0 Å². The van der Waals surface area contributed by atoms with Gasteiger partial charge in [-0.05, 0) is 29.8 Å². The number of fused-ring (bicyclic) bond motifs is 1. The van der Waals surface area contributed by atoms with Gasteiger partial charge in [-0.1, -0.05) is 24.3 Å². The number of hydrogen-bond donors (Lipinski definition) is 3. The van der Waals surface area contributed by atoms with Crippen molar-refractivity contribution in [2.45, 2.75) is 18.8 Å². The quantitative estimate of drug-likeness (QED) is 0.610. The van der Waals surface area contributed by atoms with Crippen LogP contribution in [-0.4, -0.2) is 29.3 Å². The molecular weight excluding hydrogens is 361 g/mol. The molecular formula is C18H17F3N4O2. The van der Waals surface area contributed by atoms with E-state index in [1.807, 2.05) is 24.3 Å². The van der Waals surface area contributed by atoms with Crippen LogP contribution in [-0.2, 0) is 4.79 Å². The second-order valence-electron chi connectivity index (χ2n) is 5.80. The smallest absolute Gasteiger partial charge is 0.406 e.